The minimum atomic E-state index is -0.324. The van der Waals surface area contributed by atoms with Gasteiger partial charge in [-0.15, -0.1) is 0 Å². The molecule has 23 heavy (non-hydrogen) atoms. The Labute approximate surface area is 138 Å². The summed E-state index contributed by atoms with van der Waals surface area (Å²) in [6, 6.07) is 20.0. The molecule has 0 aromatic heterocycles. The molecule has 0 aliphatic heterocycles. The summed E-state index contributed by atoms with van der Waals surface area (Å²) in [6.07, 6.45) is 3.06. The van der Waals surface area contributed by atoms with Crippen LogP contribution < -0.4 is 5.32 Å². The summed E-state index contributed by atoms with van der Waals surface area (Å²) in [5.41, 5.74) is 2.21. The van der Waals surface area contributed by atoms with Gasteiger partial charge in [-0.3, -0.25) is 0 Å². The zero-order valence-electron chi connectivity index (χ0n) is 13.6. The molecule has 0 saturated carbocycles. The Bertz CT molecular complexity index is 623. The predicted molar refractivity (Wildman–Crippen MR) is 92.8 cm³/mol. The number of nitrogens with one attached hydrogen (secondary N) is 1. The molecule has 0 aliphatic rings. The van der Waals surface area contributed by atoms with Crippen molar-refractivity contribution in [3.63, 3.8) is 0 Å². The Morgan fingerprint density at radius 2 is 1.65 bits per heavy atom. The molecule has 0 aliphatic carbocycles. The van der Waals surface area contributed by atoms with E-state index in [4.69, 9.17) is 4.74 Å². The van der Waals surface area contributed by atoms with Crippen molar-refractivity contribution in [1.82, 2.24) is 5.32 Å². The molecule has 0 saturated heterocycles. The second-order valence-corrected chi connectivity index (χ2v) is 5.50. The van der Waals surface area contributed by atoms with E-state index < -0.39 is 0 Å². The lowest BCUT2D eigenvalue weighted by Crippen LogP contribution is -2.23. The van der Waals surface area contributed by atoms with Crippen LogP contribution in [0.15, 0.2) is 72.8 Å². The van der Waals surface area contributed by atoms with Crippen LogP contribution in [-0.4, -0.2) is 12.0 Å². The molecule has 0 spiro atoms. The van der Waals surface area contributed by atoms with Crippen LogP contribution in [0.3, 0.4) is 0 Å². The lowest BCUT2D eigenvalue weighted by atomic mass is 10.1. The van der Waals surface area contributed by atoms with E-state index in [-0.39, 0.29) is 18.1 Å². The Hall–Kier alpha value is -2.39. The maximum atomic E-state index is 11.9. The highest BCUT2D eigenvalue weighted by molar-refractivity contribution is 5.82. The van der Waals surface area contributed by atoms with E-state index in [2.05, 4.69) is 17.4 Å². The highest BCUT2D eigenvalue weighted by atomic mass is 16.5. The van der Waals surface area contributed by atoms with Gasteiger partial charge in [0.1, 0.15) is 6.10 Å². The van der Waals surface area contributed by atoms with Gasteiger partial charge in [-0.1, -0.05) is 66.7 Å². The number of ether oxygens (including phenoxy) is 1. The molecule has 0 heterocycles. The average Bonchev–Trinajstić information content (AvgIpc) is 2.60. The summed E-state index contributed by atoms with van der Waals surface area (Å²) in [7, 11) is 0. The molecule has 0 amide bonds. The summed E-state index contributed by atoms with van der Waals surface area (Å²) < 4.78 is 5.40. The first kappa shape index (κ1) is 17.0. The molecule has 0 bridgehead atoms. The van der Waals surface area contributed by atoms with Crippen molar-refractivity contribution in [2.45, 2.75) is 32.5 Å². The molecule has 120 valence electrons. The number of benzene rings is 2. The number of rotatable bonds is 7. The first-order valence-corrected chi connectivity index (χ1v) is 7.86. The first-order valence-electron chi connectivity index (χ1n) is 7.86. The van der Waals surface area contributed by atoms with Crippen LogP contribution in [0.5, 0.6) is 0 Å². The Morgan fingerprint density at radius 1 is 1.04 bits per heavy atom. The number of carbonyl (C=O) groups is 1. The van der Waals surface area contributed by atoms with Gasteiger partial charge in [0.05, 0.1) is 0 Å². The van der Waals surface area contributed by atoms with Gasteiger partial charge in [-0.25, -0.2) is 4.79 Å². The molecule has 0 fully saturated rings. The second kappa shape index (κ2) is 8.91. The van der Waals surface area contributed by atoms with E-state index in [1.54, 1.807) is 0 Å². The topological polar surface area (TPSA) is 38.3 Å². The highest BCUT2D eigenvalue weighted by Gasteiger charge is 2.09. The number of carbonyl (C=O) groups excluding carboxylic acids is 1. The molecule has 2 atom stereocenters. The van der Waals surface area contributed by atoms with Crippen molar-refractivity contribution in [2.75, 3.05) is 0 Å². The first-order chi connectivity index (χ1) is 11.1. The third-order valence-electron chi connectivity index (χ3n) is 3.55. The Morgan fingerprint density at radius 3 is 2.30 bits per heavy atom. The van der Waals surface area contributed by atoms with Crippen LogP contribution >= 0.6 is 0 Å². The van der Waals surface area contributed by atoms with Crippen LogP contribution in [0.4, 0.5) is 0 Å². The van der Waals surface area contributed by atoms with Gasteiger partial charge in [0.2, 0.25) is 0 Å². The van der Waals surface area contributed by atoms with Gasteiger partial charge >= 0.3 is 5.97 Å². The number of hydrogen-bond acceptors (Lipinski definition) is 3. The highest BCUT2D eigenvalue weighted by Crippen LogP contribution is 2.16. The quantitative estimate of drug-likeness (QED) is 0.620. The summed E-state index contributed by atoms with van der Waals surface area (Å²) >= 11 is 0. The molecule has 2 aromatic rings. The van der Waals surface area contributed by atoms with Gasteiger partial charge in [0, 0.05) is 18.7 Å². The molecule has 3 heteroatoms. The third-order valence-corrected chi connectivity index (χ3v) is 3.55. The van der Waals surface area contributed by atoms with Crippen molar-refractivity contribution < 1.29 is 9.53 Å². The molecule has 0 unspecified atom stereocenters. The van der Waals surface area contributed by atoms with Crippen LogP contribution in [0.1, 0.15) is 31.1 Å². The second-order valence-electron chi connectivity index (χ2n) is 5.50. The molecule has 0 radical (unpaired) electrons. The van der Waals surface area contributed by atoms with Crippen LogP contribution in [0, 0.1) is 0 Å². The molecule has 3 nitrogen and oxygen atoms in total. The van der Waals surface area contributed by atoms with Gasteiger partial charge in [-0.2, -0.15) is 0 Å². The lowest BCUT2D eigenvalue weighted by molar-refractivity contribution is -0.142. The summed E-state index contributed by atoms with van der Waals surface area (Å²) in [5.74, 6) is -0.324. The van der Waals surface area contributed by atoms with Crippen LogP contribution in [-0.2, 0) is 16.1 Å². The van der Waals surface area contributed by atoms with E-state index in [0.29, 0.717) is 0 Å². The van der Waals surface area contributed by atoms with E-state index in [1.807, 2.05) is 68.5 Å². The smallest absolute Gasteiger partial charge is 0.331 e. The molecular formula is C20H23NO2. The Kier molecular flexibility index (Phi) is 6.57. The van der Waals surface area contributed by atoms with Gasteiger partial charge in [0.15, 0.2) is 0 Å². The molecule has 2 aromatic carbocycles. The van der Waals surface area contributed by atoms with Crippen molar-refractivity contribution in [2.24, 2.45) is 0 Å². The number of esters is 1. The van der Waals surface area contributed by atoms with Crippen molar-refractivity contribution in [1.29, 1.82) is 0 Å². The van der Waals surface area contributed by atoms with Crippen molar-refractivity contribution in [3.8, 4) is 0 Å². The normalized spacial score (nSPS) is 13.7. The SMILES string of the molecule is C[C@@H](/C=C/C(=O)O[C@H](C)c1ccccc1)NCc1ccccc1. The van der Waals surface area contributed by atoms with E-state index >= 15 is 0 Å². The van der Waals surface area contributed by atoms with Crippen LogP contribution in [0.25, 0.3) is 0 Å². The minimum absolute atomic E-state index is 0.0924. The largest absolute Gasteiger partial charge is 0.455 e. The maximum Gasteiger partial charge on any atom is 0.331 e. The van der Waals surface area contributed by atoms with Crippen LogP contribution in [0.2, 0.25) is 0 Å². The third kappa shape index (κ3) is 6.09. The average molecular weight is 309 g/mol. The summed E-state index contributed by atoms with van der Waals surface area (Å²) in [5, 5.41) is 3.34. The fourth-order valence-corrected chi connectivity index (χ4v) is 2.17. The van der Waals surface area contributed by atoms with Gasteiger partial charge in [0.25, 0.3) is 0 Å². The standard InChI is InChI=1S/C20H23NO2/c1-16(21-15-18-9-5-3-6-10-18)13-14-20(22)23-17(2)19-11-7-4-8-12-19/h3-14,16-17,21H,15H2,1-2H3/b14-13+/t16-,17+/m0/s1. The zero-order valence-corrected chi connectivity index (χ0v) is 13.6. The van der Waals surface area contributed by atoms with E-state index in [0.717, 1.165) is 12.1 Å². The summed E-state index contributed by atoms with van der Waals surface area (Å²) in [4.78, 5) is 11.9. The van der Waals surface area contributed by atoms with E-state index in [9.17, 15) is 4.79 Å². The van der Waals surface area contributed by atoms with Gasteiger partial charge < -0.3 is 10.1 Å². The molecule has 1 N–H and O–H groups in total. The van der Waals surface area contributed by atoms with Crippen molar-refractivity contribution in [3.05, 3.63) is 83.9 Å². The zero-order chi connectivity index (χ0) is 16.5. The monoisotopic (exact) mass is 309 g/mol. The fraction of sp³-hybridized carbons (Fsp3) is 0.250. The minimum Gasteiger partial charge on any atom is -0.455 e. The Balaban J connectivity index is 1.76. The number of hydrogen-bond donors (Lipinski definition) is 1. The predicted octanol–water partition coefficient (Wildman–Crippen LogP) is 4.03. The fourth-order valence-electron chi connectivity index (χ4n) is 2.17. The van der Waals surface area contributed by atoms with E-state index in [1.165, 1.54) is 11.6 Å². The lowest BCUT2D eigenvalue weighted by Gasteiger charge is -2.12. The van der Waals surface area contributed by atoms with Crippen molar-refractivity contribution >= 4 is 5.97 Å². The maximum absolute atomic E-state index is 11.9. The van der Waals surface area contributed by atoms with Gasteiger partial charge in [-0.05, 0) is 25.0 Å². The molecule has 2 rings (SSSR count). The summed E-state index contributed by atoms with van der Waals surface area (Å²) in [6.45, 7) is 4.65. The molecular weight excluding hydrogens is 286 g/mol.